The molecule has 0 amide bonds. The molecule has 0 bridgehead atoms. The number of halogens is 1. The Labute approximate surface area is 130 Å². The van der Waals surface area contributed by atoms with Crippen LogP contribution in [0, 0.1) is 6.92 Å². The minimum Gasteiger partial charge on any atom is -0.480 e. The van der Waals surface area contributed by atoms with Crippen molar-refractivity contribution < 1.29 is 18.3 Å². The Kier molecular flexibility index (Phi) is 4.88. The summed E-state index contributed by atoms with van der Waals surface area (Å²) >= 11 is 5.04. The normalized spacial score (nSPS) is 21.4. The van der Waals surface area contributed by atoms with Gasteiger partial charge in [0.2, 0.25) is 0 Å². The number of carboxylic acid groups (broad SMARTS) is 1. The first-order chi connectivity index (χ1) is 9.27. The van der Waals surface area contributed by atoms with Crippen LogP contribution < -0.4 is 0 Å². The van der Waals surface area contributed by atoms with Crippen LogP contribution in [0.15, 0.2) is 10.5 Å². The summed E-state index contributed by atoms with van der Waals surface area (Å²) in [4.78, 5) is 14.9. The second-order valence-electron chi connectivity index (χ2n) is 4.97. The lowest BCUT2D eigenvalue weighted by Crippen LogP contribution is -2.39. The van der Waals surface area contributed by atoms with Crippen molar-refractivity contribution in [2.24, 2.45) is 0 Å². The Morgan fingerprint density at radius 2 is 2.30 bits per heavy atom. The third-order valence-corrected chi connectivity index (χ3v) is 7.20. The molecule has 0 spiro atoms. The van der Waals surface area contributed by atoms with Gasteiger partial charge in [0.15, 0.2) is 9.84 Å². The first-order valence-corrected chi connectivity index (χ1v) is 9.61. The molecule has 1 aromatic rings. The Hall–Kier alpha value is -0.440. The molecular weight excluding hydrogens is 366 g/mol. The fourth-order valence-corrected chi connectivity index (χ4v) is 5.74. The van der Waals surface area contributed by atoms with Crippen molar-refractivity contribution in [3.05, 3.63) is 20.3 Å². The number of carboxylic acids is 1. The molecule has 1 fully saturated rings. The van der Waals surface area contributed by atoms with Gasteiger partial charge in [0.1, 0.15) is 0 Å². The molecule has 0 radical (unpaired) electrons. The molecule has 20 heavy (non-hydrogen) atoms. The minimum absolute atomic E-state index is 0.0613. The van der Waals surface area contributed by atoms with Crippen molar-refractivity contribution in [1.29, 1.82) is 0 Å². The van der Waals surface area contributed by atoms with Gasteiger partial charge in [0, 0.05) is 26.8 Å². The van der Waals surface area contributed by atoms with Gasteiger partial charge >= 0.3 is 5.97 Å². The third-order valence-electron chi connectivity index (χ3n) is 3.33. The van der Waals surface area contributed by atoms with Gasteiger partial charge in [-0.1, -0.05) is 0 Å². The van der Waals surface area contributed by atoms with Gasteiger partial charge in [-0.25, -0.2) is 8.42 Å². The number of aryl methyl sites for hydroxylation is 1. The number of carbonyl (C=O) groups is 1. The van der Waals surface area contributed by atoms with Gasteiger partial charge in [-0.3, -0.25) is 9.69 Å². The van der Waals surface area contributed by atoms with Crippen molar-refractivity contribution >= 4 is 43.1 Å². The van der Waals surface area contributed by atoms with Crippen LogP contribution in [0.4, 0.5) is 0 Å². The molecule has 1 aliphatic rings. The van der Waals surface area contributed by atoms with Gasteiger partial charge < -0.3 is 5.11 Å². The summed E-state index contributed by atoms with van der Waals surface area (Å²) in [5, 5.41) is 9.02. The molecule has 0 aliphatic carbocycles. The zero-order valence-electron chi connectivity index (χ0n) is 11.0. The fourth-order valence-electron chi connectivity index (χ4n) is 2.35. The quantitative estimate of drug-likeness (QED) is 0.842. The Balaban J connectivity index is 2.13. The van der Waals surface area contributed by atoms with Crippen LogP contribution in [0.3, 0.4) is 0 Å². The zero-order chi connectivity index (χ0) is 14.9. The smallest absolute Gasteiger partial charge is 0.317 e. The van der Waals surface area contributed by atoms with E-state index >= 15 is 0 Å². The highest BCUT2D eigenvalue weighted by Gasteiger charge is 2.33. The van der Waals surface area contributed by atoms with E-state index in [2.05, 4.69) is 15.9 Å². The first kappa shape index (κ1) is 15.9. The third kappa shape index (κ3) is 4.03. The topological polar surface area (TPSA) is 74.7 Å². The molecule has 1 aliphatic heterocycles. The summed E-state index contributed by atoms with van der Waals surface area (Å²) in [5.41, 5.74) is 0. The summed E-state index contributed by atoms with van der Waals surface area (Å²) in [6, 6.07) is 1.77. The average molecular weight is 382 g/mol. The van der Waals surface area contributed by atoms with E-state index in [1.165, 1.54) is 0 Å². The highest BCUT2D eigenvalue weighted by atomic mass is 79.9. The Bertz CT molecular complexity index is 591. The van der Waals surface area contributed by atoms with Gasteiger partial charge in [0.05, 0.1) is 18.1 Å². The number of rotatable bonds is 5. The maximum atomic E-state index is 11.6. The van der Waals surface area contributed by atoms with Crippen LogP contribution in [0.25, 0.3) is 0 Å². The number of thiophene rings is 1. The highest BCUT2D eigenvalue weighted by Crippen LogP contribution is 2.28. The lowest BCUT2D eigenvalue weighted by atomic mass is 10.2. The molecule has 0 aromatic carbocycles. The summed E-state index contributed by atoms with van der Waals surface area (Å²) in [5.74, 6) is -0.714. The van der Waals surface area contributed by atoms with E-state index in [1.807, 2.05) is 13.0 Å². The van der Waals surface area contributed by atoms with Crippen LogP contribution in [0.2, 0.25) is 0 Å². The molecule has 1 N–H and O–H groups in total. The van der Waals surface area contributed by atoms with E-state index in [0.29, 0.717) is 13.0 Å². The average Bonchev–Trinajstić information content (AvgIpc) is 2.81. The predicted molar refractivity (Wildman–Crippen MR) is 81.9 cm³/mol. The molecule has 1 unspecified atom stereocenters. The lowest BCUT2D eigenvalue weighted by Gasteiger charge is -2.25. The standard InChI is InChI=1S/C12H16BrNO4S2/c1-8-11(13)4-10(19-8)5-14(6-12(15)16)9-2-3-20(17,18)7-9/h4,9H,2-3,5-7H2,1H3,(H,15,16). The van der Waals surface area contributed by atoms with E-state index in [4.69, 9.17) is 5.11 Å². The summed E-state index contributed by atoms with van der Waals surface area (Å²) in [6.45, 7) is 2.33. The van der Waals surface area contributed by atoms with Crippen molar-refractivity contribution in [3.63, 3.8) is 0 Å². The SMILES string of the molecule is Cc1sc(CN(CC(=O)O)C2CCS(=O)(=O)C2)cc1Br. The lowest BCUT2D eigenvalue weighted by molar-refractivity contribution is -0.139. The second-order valence-corrected chi connectivity index (χ2v) is 9.40. The largest absolute Gasteiger partial charge is 0.480 e. The molecule has 1 atom stereocenters. The highest BCUT2D eigenvalue weighted by molar-refractivity contribution is 9.10. The maximum absolute atomic E-state index is 11.6. The summed E-state index contributed by atoms with van der Waals surface area (Å²) < 4.78 is 24.1. The van der Waals surface area contributed by atoms with Crippen LogP contribution >= 0.6 is 27.3 Å². The number of hydrogen-bond acceptors (Lipinski definition) is 5. The van der Waals surface area contributed by atoms with Crippen LogP contribution in [-0.2, 0) is 21.2 Å². The van der Waals surface area contributed by atoms with Crippen LogP contribution in [-0.4, -0.2) is 48.5 Å². The Morgan fingerprint density at radius 1 is 1.60 bits per heavy atom. The molecular formula is C12H16BrNO4S2. The van der Waals surface area contributed by atoms with Crippen molar-refractivity contribution in [1.82, 2.24) is 4.90 Å². The number of aliphatic carboxylic acids is 1. The molecule has 5 nitrogen and oxygen atoms in total. The fraction of sp³-hybridized carbons (Fsp3) is 0.583. The number of sulfone groups is 1. The van der Waals surface area contributed by atoms with Crippen molar-refractivity contribution in [3.8, 4) is 0 Å². The molecule has 2 heterocycles. The van der Waals surface area contributed by atoms with E-state index in [9.17, 15) is 13.2 Å². The number of hydrogen-bond donors (Lipinski definition) is 1. The predicted octanol–water partition coefficient (Wildman–Crippen LogP) is 1.89. The molecule has 0 saturated carbocycles. The molecule has 1 aromatic heterocycles. The molecule has 8 heteroatoms. The van der Waals surface area contributed by atoms with Gasteiger partial charge in [-0.05, 0) is 35.3 Å². The summed E-state index contributed by atoms with van der Waals surface area (Å²) in [7, 11) is -3.01. The van der Waals surface area contributed by atoms with E-state index in [1.54, 1.807) is 16.2 Å². The van der Waals surface area contributed by atoms with E-state index < -0.39 is 15.8 Å². The second kappa shape index (κ2) is 6.13. The molecule has 2 rings (SSSR count). The maximum Gasteiger partial charge on any atom is 0.317 e. The van der Waals surface area contributed by atoms with Crippen LogP contribution in [0.5, 0.6) is 0 Å². The van der Waals surface area contributed by atoms with Crippen LogP contribution in [0.1, 0.15) is 16.2 Å². The van der Waals surface area contributed by atoms with E-state index in [-0.39, 0.29) is 24.1 Å². The molecule has 1 saturated heterocycles. The zero-order valence-corrected chi connectivity index (χ0v) is 14.2. The van der Waals surface area contributed by atoms with Gasteiger partial charge in [0.25, 0.3) is 0 Å². The Morgan fingerprint density at radius 3 is 2.75 bits per heavy atom. The van der Waals surface area contributed by atoms with E-state index in [0.717, 1.165) is 14.2 Å². The summed E-state index contributed by atoms with van der Waals surface area (Å²) in [6.07, 6.45) is 0.515. The monoisotopic (exact) mass is 381 g/mol. The van der Waals surface area contributed by atoms with Crippen molar-refractivity contribution in [2.75, 3.05) is 18.1 Å². The molecule has 112 valence electrons. The van der Waals surface area contributed by atoms with Crippen molar-refractivity contribution in [2.45, 2.75) is 25.9 Å². The van der Waals surface area contributed by atoms with Gasteiger partial charge in [-0.15, -0.1) is 11.3 Å². The first-order valence-electron chi connectivity index (χ1n) is 6.18. The number of nitrogens with zero attached hydrogens (tertiary/aromatic N) is 1. The van der Waals surface area contributed by atoms with Gasteiger partial charge in [-0.2, -0.15) is 0 Å². The minimum atomic E-state index is -3.01.